The summed E-state index contributed by atoms with van der Waals surface area (Å²) in [5, 5.41) is 3.85. The van der Waals surface area contributed by atoms with Crippen LogP contribution in [0.5, 0.6) is 17.2 Å². The molecule has 27 heavy (non-hydrogen) atoms. The molecule has 0 atom stereocenters. The van der Waals surface area contributed by atoms with Crippen LogP contribution in [0.2, 0.25) is 0 Å². The van der Waals surface area contributed by atoms with Gasteiger partial charge in [0.15, 0.2) is 11.5 Å². The summed E-state index contributed by atoms with van der Waals surface area (Å²) in [4.78, 5) is 17.9. The second kappa shape index (κ2) is 7.90. The van der Waals surface area contributed by atoms with E-state index >= 15 is 0 Å². The normalized spacial score (nSPS) is 10.5. The van der Waals surface area contributed by atoms with Crippen LogP contribution in [0.4, 0.5) is 5.69 Å². The molecule has 142 valence electrons. The van der Waals surface area contributed by atoms with Gasteiger partial charge in [-0.1, -0.05) is 18.2 Å². The lowest BCUT2D eigenvalue weighted by molar-refractivity contribution is -0.115. The van der Waals surface area contributed by atoms with Crippen molar-refractivity contribution in [1.29, 1.82) is 0 Å². The number of anilines is 1. The number of hydrogen-bond acceptors (Lipinski definition) is 5. The van der Waals surface area contributed by atoms with Crippen LogP contribution >= 0.6 is 0 Å². The fraction of sp³-hybridized carbons (Fsp3) is 0.250. The molecule has 1 heterocycles. The maximum Gasteiger partial charge on any atom is 0.228 e. The Labute approximate surface area is 157 Å². The summed E-state index contributed by atoms with van der Waals surface area (Å²) in [5.41, 5.74) is 2.35. The lowest BCUT2D eigenvalue weighted by atomic mass is 10.1. The van der Waals surface area contributed by atoms with E-state index in [1.165, 1.54) is 21.3 Å². The third-order valence-corrected chi connectivity index (χ3v) is 4.26. The molecular weight excluding hydrogens is 348 g/mol. The number of carbonyl (C=O) groups excluding carboxylic acids is 1. The van der Waals surface area contributed by atoms with Gasteiger partial charge in [0.05, 0.1) is 33.3 Å². The minimum Gasteiger partial charge on any atom is -0.493 e. The third-order valence-electron chi connectivity index (χ3n) is 4.26. The standard InChI is InChI=1S/C20H22N2O5/c1-24-17-10-14(11-18(25-2)20(17)26-3)21-19(23)9-13-12-22(27-4)16-8-6-5-7-15(13)16/h5-8,10-12H,9H2,1-4H3,(H,21,23). The molecule has 7 nitrogen and oxygen atoms in total. The highest BCUT2D eigenvalue weighted by Crippen LogP contribution is 2.40. The zero-order valence-corrected chi connectivity index (χ0v) is 15.7. The molecule has 3 rings (SSSR count). The summed E-state index contributed by atoms with van der Waals surface area (Å²) >= 11 is 0. The summed E-state index contributed by atoms with van der Waals surface area (Å²) in [7, 11) is 6.18. The second-order valence-electron chi connectivity index (χ2n) is 5.82. The summed E-state index contributed by atoms with van der Waals surface area (Å²) in [5.74, 6) is 1.26. The fourth-order valence-corrected chi connectivity index (χ4v) is 3.04. The molecule has 2 aromatic carbocycles. The van der Waals surface area contributed by atoms with Crippen LogP contribution in [0.15, 0.2) is 42.6 Å². The van der Waals surface area contributed by atoms with Crippen LogP contribution in [0.3, 0.4) is 0 Å². The van der Waals surface area contributed by atoms with Gasteiger partial charge < -0.3 is 24.4 Å². The fourth-order valence-electron chi connectivity index (χ4n) is 3.04. The SMILES string of the molecule is COc1cc(NC(=O)Cc2cn(OC)c3ccccc23)cc(OC)c1OC. The third kappa shape index (κ3) is 3.62. The first-order valence-electron chi connectivity index (χ1n) is 8.34. The van der Waals surface area contributed by atoms with Crippen LogP contribution in [0, 0.1) is 0 Å². The Morgan fingerprint density at radius 1 is 1.00 bits per heavy atom. The predicted molar refractivity (Wildman–Crippen MR) is 103 cm³/mol. The molecule has 0 saturated carbocycles. The first-order chi connectivity index (χ1) is 13.1. The second-order valence-corrected chi connectivity index (χ2v) is 5.82. The van der Waals surface area contributed by atoms with Gasteiger partial charge in [0, 0.05) is 29.4 Å². The Balaban J connectivity index is 1.85. The minimum absolute atomic E-state index is 0.164. The molecule has 1 amide bonds. The van der Waals surface area contributed by atoms with Crippen molar-refractivity contribution in [3.8, 4) is 17.2 Å². The van der Waals surface area contributed by atoms with E-state index in [9.17, 15) is 4.79 Å². The number of carbonyl (C=O) groups is 1. The molecule has 7 heteroatoms. The Bertz CT molecular complexity index is 939. The minimum atomic E-state index is -0.164. The number of amides is 1. The summed E-state index contributed by atoms with van der Waals surface area (Å²) in [6.07, 6.45) is 2.02. The highest BCUT2D eigenvalue weighted by molar-refractivity contribution is 5.96. The molecule has 0 saturated heterocycles. The van der Waals surface area contributed by atoms with E-state index < -0.39 is 0 Å². The highest BCUT2D eigenvalue weighted by atomic mass is 16.6. The molecule has 1 N–H and O–H groups in total. The molecule has 0 spiro atoms. The molecule has 0 aliphatic carbocycles. The number of ether oxygens (including phenoxy) is 3. The maximum absolute atomic E-state index is 12.6. The van der Waals surface area contributed by atoms with Gasteiger partial charge in [-0.3, -0.25) is 4.79 Å². The van der Waals surface area contributed by atoms with Crippen molar-refractivity contribution in [1.82, 2.24) is 4.73 Å². The number of benzene rings is 2. The first-order valence-corrected chi connectivity index (χ1v) is 8.34. The van der Waals surface area contributed by atoms with Crippen LogP contribution in [0.25, 0.3) is 10.9 Å². The van der Waals surface area contributed by atoms with Crippen molar-refractivity contribution < 1.29 is 23.8 Å². The largest absolute Gasteiger partial charge is 0.493 e. The van der Waals surface area contributed by atoms with Gasteiger partial charge in [0.1, 0.15) is 7.11 Å². The number of para-hydroxylation sites is 1. The average Bonchev–Trinajstić information content (AvgIpc) is 3.04. The molecule has 0 radical (unpaired) electrons. The Morgan fingerprint density at radius 2 is 1.67 bits per heavy atom. The number of methoxy groups -OCH3 is 3. The summed E-state index contributed by atoms with van der Waals surface area (Å²) < 4.78 is 17.6. The van der Waals surface area contributed by atoms with E-state index in [0.29, 0.717) is 22.9 Å². The van der Waals surface area contributed by atoms with Crippen LogP contribution in [-0.4, -0.2) is 39.1 Å². The van der Waals surface area contributed by atoms with Gasteiger partial charge in [-0.15, -0.1) is 0 Å². The Kier molecular flexibility index (Phi) is 5.40. The van der Waals surface area contributed by atoms with Crippen molar-refractivity contribution in [3.05, 3.63) is 48.2 Å². The number of hydrogen-bond donors (Lipinski definition) is 1. The van der Waals surface area contributed by atoms with Gasteiger partial charge in [-0.2, -0.15) is 4.73 Å². The monoisotopic (exact) mass is 370 g/mol. The van der Waals surface area contributed by atoms with Crippen molar-refractivity contribution in [2.45, 2.75) is 6.42 Å². The van der Waals surface area contributed by atoms with E-state index in [-0.39, 0.29) is 12.3 Å². The average molecular weight is 370 g/mol. The highest BCUT2D eigenvalue weighted by Gasteiger charge is 2.16. The quantitative estimate of drug-likeness (QED) is 0.692. The van der Waals surface area contributed by atoms with Crippen molar-refractivity contribution in [2.24, 2.45) is 0 Å². The van der Waals surface area contributed by atoms with Crippen LogP contribution in [0.1, 0.15) is 5.56 Å². The van der Waals surface area contributed by atoms with Crippen molar-refractivity contribution in [2.75, 3.05) is 33.8 Å². The number of nitrogens with zero attached hydrogens (tertiary/aromatic N) is 1. The molecular formula is C20H22N2O5. The van der Waals surface area contributed by atoms with Crippen LogP contribution in [-0.2, 0) is 11.2 Å². The van der Waals surface area contributed by atoms with E-state index in [0.717, 1.165) is 16.5 Å². The van der Waals surface area contributed by atoms with Gasteiger partial charge >= 0.3 is 0 Å². The summed E-state index contributed by atoms with van der Waals surface area (Å²) in [6.45, 7) is 0. The molecule has 0 fully saturated rings. The lowest BCUT2D eigenvalue weighted by Gasteiger charge is -2.14. The molecule has 0 unspecified atom stereocenters. The lowest BCUT2D eigenvalue weighted by Crippen LogP contribution is -2.14. The topological polar surface area (TPSA) is 71.0 Å². The Hall–Kier alpha value is -3.35. The predicted octanol–water partition coefficient (Wildman–Crippen LogP) is 2.91. The van der Waals surface area contributed by atoms with Crippen LogP contribution < -0.4 is 24.4 Å². The van der Waals surface area contributed by atoms with E-state index in [1.807, 2.05) is 30.5 Å². The zero-order valence-electron chi connectivity index (χ0n) is 15.7. The molecule has 0 aliphatic heterocycles. The van der Waals surface area contributed by atoms with E-state index in [2.05, 4.69) is 5.32 Å². The van der Waals surface area contributed by atoms with Crippen molar-refractivity contribution in [3.63, 3.8) is 0 Å². The van der Waals surface area contributed by atoms with Crippen molar-refractivity contribution >= 4 is 22.5 Å². The van der Waals surface area contributed by atoms with Gasteiger partial charge in [-0.05, 0) is 11.6 Å². The zero-order chi connectivity index (χ0) is 19.4. The molecule has 1 aromatic heterocycles. The molecule has 3 aromatic rings. The number of nitrogens with one attached hydrogen (secondary N) is 1. The smallest absolute Gasteiger partial charge is 0.228 e. The number of fused-ring (bicyclic) bond motifs is 1. The van der Waals surface area contributed by atoms with E-state index in [4.69, 9.17) is 19.0 Å². The van der Waals surface area contributed by atoms with Gasteiger partial charge in [0.25, 0.3) is 0 Å². The number of aromatic nitrogens is 1. The maximum atomic E-state index is 12.6. The molecule has 0 aliphatic rings. The molecule has 0 bridgehead atoms. The Morgan fingerprint density at radius 3 is 2.26 bits per heavy atom. The first kappa shape index (κ1) is 18.4. The van der Waals surface area contributed by atoms with E-state index in [1.54, 1.807) is 24.0 Å². The summed E-state index contributed by atoms with van der Waals surface area (Å²) in [6, 6.07) is 11.2. The van der Waals surface area contributed by atoms with Gasteiger partial charge in [0.2, 0.25) is 11.7 Å². The van der Waals surface area contributed by atoms with Gasteiger partial charge in [-0.25, -0.2) is 0 Å². The number of rotatable bonds is 7.